The summed E-state index contributed by atoms with van der Waals surface area (Å²) in [6, 6.07) is 12.2. The fraction of sp³-hybridized carbons (Fsp3) is 0.370. The second-order valence-electron chi connectivity index (χ2n) is 9.74. The van der Waals surface area contributed by atoms with Crippen molar-refractivity contribution in [3.05, 3.63) is 52.8 Å². The Hall–Kier alpha value is -4.28. The zero-order valence-electron chi connectivity index (χ0n) is 22.2. The number of benzene rings is 1. The standard InChI is InChI=1S/C27H28FN9O2S/c1-3-20-25(34(2)26-32-24(21(14-29)40-26)17-4-6-18(28)7-5-17)37-22(31-20)8-9-23(33-37)36-12-10-35(11-13-36)16-19-15-30-27(38)39-19/h4-9,19H,3,10-13,15-16H2,1-2H3,(H,30,38). The van der Waals surface area contributed by atoms with E-state index in [1.165, 1.54) is 23.5 Å². The van der Waals surface area contributed by atoms with Crippen molar-refractivity contribution in [3.8, 4) is 17.3 Å². The number of hydrogen-bond donors (Lipinski definition) is 1. The van der Waals surface area contributed by atoms with Crippen LogP contribution in [0.5, 0.6) is 0 Å². The predicted octanol–water partition coefficient (Wildman–Crippen LogP) is 3.42. The van der Waals surface area contributed by atoms with Crippen molar-refractivity contribution >= 4 is 39.8 Å². The number of aromatic nitrogens is 4. The minimum absolute atomic E-state index is 0.110. The molecule has 4 aromatic rings. The number of aryl methyl sites for hydroxylation is 1. The molecule has 1 N–H and O–H groups in total. The largest absolute Gasteiger partial charge is 0.443 e. The van der Waals surface area contributed by atoms with Crippen LogP contribution < -0.4 is 15.1 Å². The molecule has 11 nitrogen and oxygen atoms in total. The number of fused-ring (bicyclic) bond motifs is 1. The molecule has 2 fully saturated rings. The van der Waals surface area contributed by atoms with Crippen molar-refractivity contribution in [2.75, 3.05) is 56.1 Å². The number of nitrogens with zero attached hydrogens (tertiary/aromatic N) is 8. The summed E-state index contributed by atoms with van der Waals surface area (Å²) in [5.74, 6) is 1.30. The number of ether oxygens (including phenoxy) is 1. The molecule has 5 heterocycles. The third-order valence-electron chi connectivity index (χ3n) is 7.19. The molecule has 1 unspecified atom stereocenters. The van der Waals surface area contributed by atoms with Gasteiger partial charge in [-0.3, -0.25) is 4.90 Å². The number of carbonyl (C=O) groups excluding carboxylic acids is 1. The van der Waals surface area contributed by atoms with Crippen molar-refractivity contribution in [1.29, 1.82) is 5.26 Å². The molecule has 0 bridgehead atoms. The van der Waals surface area contributed by atoms with Gasteiger partial charge in [0, 0.05) is 45.3 Å². The zero-order valence-corrected chi connectivity index (χ0v) is 23.0. The molecular weight excluding hydrogens is 533 g/mol. The Kier molecular flexibility index (Phi) is 6.95. The van der Waals surface area contributed by atoms with Crippen molar-refractivity contribution < 1.29 is 13.9 Å². The SMILES string of the molecule is CCc1nc2ccc(N3CCN(CC4CNC(=O)O4)CC3)nn2c1N(C)c1nc(-c2ccc(F)cc2)c(C#N)s1. The molecule has 206 valence electrons. The lowest BCUT2D eigenvalue weighted by Crippen LogP contribution is -2.49. The van der Waals surface area contributed by atoms with Crippen LogP contribution in [0.25, 0.3) is 16.9 Å². The summed E-state index contributed by atoms with van der Waals surface area (Å²) in [6.45, 7) is 6.59. The minimum Gasteiger partial charge on any atom is -0.443 e. The Labute approximate surface area is 234 Å². The van der Waals surface area contributed by atoms with Gasteiger partial charge in [0.1, 0.15) is 34.4 Å². The molecule has 1 amide bonds. The van der Waals surface area contributed by atoms with E-state index < -0.39 is 0 Å². The number of imidazole rings is 1. The first-order valence-electron chi connectivity index (χ1n) is 13.1. The van der Waals surface area contributed by atoms with Gasteiger partial charge in [-0.2, -0.15) is 9.78 Å². The summed E-state index contributed by atoms with van der Waals surface area (Å²) in [4.78, 5) is 27.8. The number of halogens is 1. The zero-order chi connectivity index (χ0) is 27.8. The Bertz CT molecular complexity index is 1590. The Morgan fingerprint density at radius 2 is 1.95 bits per heavy atom. The molecule has 0 radical (unpaired) electrons. The Morgan fingerprint density at radius 1 is 1.18 bits per heavy atom. The number of hydrogen-bond acceptors (Lipinski definition) is 10. The summed E-state index contributed by atoms with van der Waals surface area (Å²) >= 11 is 1.28. The van der Waals surface area contributed by atoms with E-state index in [1.54, 1.807) is 12.1 Å². The Balaban J connectivity index is 1.26. The highest BCUT2D eigenvalue weighted by atomic mass is 32.1. The molecule has 2 aliphatic heterocycles. The van der Waals surface area contributed by atoms with E-state index in [4.69, 9.17) is 19.8 Å². The van der Waals surface area contributed by atoms with E-state index >= 15 is 0 Å². The van der Waals surface area contributed by atoms with E-state index in [1.807, 2.05) is 35.5 Å². The van der Waals surface area contributed by atoms with Gasteiger partial charge >= 0.3 is 6.09 Å². The number of rotatable bonds is 7. The van der Waals surface area contributed by atoms with E-state index in [-0.39, 0.29) is 18.0 Å². The quantitative estimate of drug-likeness (QED) is 0.362. The van der Waals surface area contributed by atoms with E-state index in [0.717, 1.165) is 49.2 Å². The van der Waals surface area contributed by atoms with Gasteiger partial charge in [0.15, 0.2) is 16.6 Å². The summed E-state index contributed by atoms with van der Waals surface area (Å²) < 4.78 is 20.6. The Morgan fingerprint density at radius 3 is 2.62 bits per heavy atom. The second-order valence-corrected chi connectivity index (χ2v) is 10.7. The van der Waals surface area contributed by atoms with Gasteiger partial charge in [-0.1, -0.05) is 18.3 Å². The highest BCUT2D eigenvalue weighted by Crippen LogP contribution is 2.36. The normalized spacial score (nSPS) is 17.6. The number of amides is 1. The van der Waals surface area contributed by atoms with E-state index in [0.29, 0.717) is 40.8 Å². The van der Waals surface area contributed by atoms with E-state index in [2.05, 4.69) is 21.2 Å². The number of nitrogens with one attached hydrogen (secondary N) is 1. The second kappa shape index (κ2) is 10.7. The lowest BCUT2D eigenvalue weighted by Gasteiger charge is -2.36. The van der Waals surface area contributed by atoms with E-state index in [9.17, 15) is 14.4 Å². The molecule has 40 heavy (non-hydrogen) atoms. The van der Waals surface area contributed by atoms with Gasteiger partial charge in [-0.25, -0.2) is 19.2 Å². The molecule has 0 aliphatic carbocycles. The molecule has 1 aromatic carbocycles. The highest BCUT2D eigenvalue weighted by molar-refractivity contribution is 7.16. The molecule has 13 heteroatoms. The minimum atomic E-state index is -0.345. The van der Waals surface area contributed by atoms with Crippen LogP contribution in [0, 0.1) is 17.1 Å². The number of nitriles is 1. The van der Waals surface area contributed by atoms with Crippen LogP contribution in [0.2, 0.25) is 0 Å². The maximum atomic E-state index is 13.5. The highest BCUT2D eigenvalue weighted by Gasteiger charge is 2.28. The van der Waals surface area contributed by atoms with Crippen molar-refractivity contribution in [2.24, 2.45) is 0 Å². The molecule has 1 atom stereocenters. The molecule has 6 rings (SSSR count). The van der Waals surface area contributed by atoms with Gasteiger partial charge in [-0.05, 0) is 42.8 Å². The number of anilines is 3. The van der Waals surface area contributed by atoms with Crippen molar-refractivity contribution in [2.45, 2.75) is 19.4 Å². The summed E-state index contributed by atoms with van der Waals surface area (Å²) in [5, 5.41) is 18.1. The van der Waals surface area contributed by atoms with Crippen LogP contribution in [0.1, 0.15) is 17.5 Å². The summed E-state index contributed by atoms with van der Waals surface area (Å²) in [5.41, 5.74) is 2.81. The number of piperazine rings is 1. The van der Waals surface area contributed by atoms with Crippen LogP contribution >= 0.6 is 11.3 Å². The monoisotopic (exact) mass is 561 g/mol. The molecule has 3 aromatic heterocycles. The van der Waals surface area contributed by atoms with Crippen LogP contribution in [0.15, 0.2) is 36.4 Å². The van der Waals surface area contributed by atoms with Crippen molar-refractivity contribution in [3.63, 3.8) is 0 Å². The lowest BCUT2D eigenvalue weighted by atomic mass is 10.1. The average molecular weight is 562 g/mol. The van der Waals surface area contributed by atoms with Gasteiger partial charge < -0.3 is 19.9 Å². The van der Waals surface area contributed by atoms with Gasteiger partial charge in [0.05, 0.1) is 12.2 Å². The molecular formula is C27H28FN9O2S. The first-order valence-corrected chi connectivity index (χ1v) is 14.0. The maximum absolute atomic E-state index is 13.5. The molecule has 2 aliphatic rings. The predicted molar refractivity (Wildman–Crippen MR) is 150 cm³/mol. The smallest absolute Gasteiger partial charge is 0.407 e. The average Bonchev–Trinajstić information content (AvgIpc) is 3.69. The number of cyclic esters (lactones) is 1. The first kappa shape index (κ1) is 26.0. The van der Waals surface area contributed by atoms with Crippen LogP contribution in [0.4, 0.5) is 26.0 Å². The van der Waals surface area contributed by atoms with Crippen LogP contribution in [-0.2, 0) is 11.2 Å². The summed E-state index contributed by atoms with van der Waals surface area (Å²) in [7, 11) is 1.90. The number of thiazole rings is 1. The molecule has 0 saturated carbocycles. The van der Waals surface area contributed by atoms with Gasteiger partial charge in [0.2, 0.25) is 0 Å². The van der Waals surface area contributed by atoms with Gasteiger partial charge in [0.25, 0.3) is 0 Å². The van der Waals surface area contributed by atoms with Crippen LogP contribution in [-0.4, -0.2) is 83.0 Å². The fourth-order valence-corrected chi connectivity index (χ4v) is 5.95. The molecule has 0 spiro atoms. The fourth-order valence-electron chi connectivity index (χ4n) is 5.10. The topological polar surface area (TPSA) is 115 Å². The van der Waals surface area contributed by atoms with Crippen molar-refractivity contribution in [1.82, 2.24) is 29.8 Å². The van der Waals surface area contributed by atoms with Crippen LogP contribution in [0.3, 0.4) is 0 Å². The maximum Gasteiger partial charge on any atom is 0.407 e. The lowest BCUT2D eigenvalue weighted by molar-refractivity contribution is 0.106. The summed E-state index contributed by atoms with van der Waals surface area (Å²) in [6.07, 6.45) is 0.238. The first-order chi connectivity index (χ1) is 19.4. The third kappa shape index (κ3) is 4.91. The number of carbonyl (C=O) groups is 1. The molecule has 2 saturated heterocycles. The number of alkyl carbamates (subject to hydrolysis) is 1. The van der Waals surface area contributed by atoms with Gasteiger partial charge in [-0.15, -0.1) is 5.10 Å². The third-order valence-corrected chi connectivity index (χ3v) is 8.23.